The quantitative estimate of drug-likeness (QED) is 0.262. The number of fused-ring (bicyclic) bond motifs is 2. The van der Waals surface area contributed by atoms with Crippen molar-refractivity contribution in [3.05, 3.63) is 50.5 Å². The molecule has 15 heteroatoms. The van der Waals surface area contributed by atoms with Gasteiger partial charge in [0.2, 0.25) is 11.3 Å². The number of hydrogen-bond donors (Lipinski definition) is 4. The van der Waals surface area contributed by atoms with Crippen LogP contribution in [0.5, 0.6) is 0 Å². The van der Waals surface area contributed by atoms with Crippen molar-refractivity contribution in [2.45, 2.75) is 37.3 Å². The highest BCUT2D eigenvalue weighted by Crippen LogP contribution is 2.50. The van der Waals surface area contributed by atoms with Crippen LogP contribution in [0.25, 0.3) is 10.9 Å². The molecule has 2 saturated heterocycles. The number of β-lactam (4-membered cyclic amide) rings is 1. The van der Waals surface area contributed by atoms with Gasteiger partial charge in [-0.2, -0.15) is 0 Å². The van der Waals surface area contributed by atoms with E-state index in [0.717, 1.165) is 18.9 Å². The maximum Gasteiger partial charge on any atom is 0.353 e. The summed E-state index contributed by atoms with van der Waals surface area (Å²) in [7, 11) is 0. The van der Waals surface area contributed by atoms with E-state index in [2.05, 4.69) is 5.32 Å². The number of rotatable bonds is 7. The number of nitrogens with one attached hydrogen (secondary N) is 1. The Morgan fingerprint density at radius 2 is 1.83 bits per heavy atom. The van der Waals surface area contributed by atoms with Crippen LogP contribution in [-0.2, 0) is 9.59 Å². The predicted molar refractivity (Wildman–Crippen MR) is 156 cm³/mol. The molecular weight excluding hydrogens is 589 g/mol. The van der Waals surface area contributed by atoms with Crippen molar-refractivity contribution in [2.24, 2.45) is 5.92 Å². The smallest absolute Gasteiger partial charge is 0.353 e. The summed E-state index contributed by atoms with van der Waals surface area (Å²) in [6, 6.07) is 2.81. The van der Waals surface area contributed by atoms with E-state index < -0.39 is 46.5 Å². The van der Waals surface area contributed by atoms with Gasteiger partial charge < -0.3 is 35.0 Å². The van der Waals surface area contributed by atoms with Crippen LogP contribution in [0.4, 0.5) is 10.1 Å². The van der Waals surface area contributed by atoms with Crippen molar-refractivity contribution < 1.29 is 34.1 Å². The van der Waals surface area contributed by atoms with Gasteiger partial charge in [-0.25, -0.2) is 14.0 Å². The number of aromatic carboxylic acids is 1. The fourth-order valence-corrected chi connectivity index (χ4v) is 7.61. The Labute approximate surface area is 248 Å². The van der Waals surface area contributed by atoms with Crippen molar-refractivity contribution >= 4 is 63.5 Å². The minimum absolute atomic E-state index is 0.0399. The van der Waals surface area contributed by atoms with Crippen LogP contribution >= 0.6 is 24.0 Å². The van der Waals surface area contributed by atoms with Gasteiger partial charge in [-0.1, -0.05) is 11.8 Å². The Kier molecular flexibility index (Phi) is 7.14. The Hall–Kier alpha value is -3.69. The molecule has 1 aliphatic carbocycles. The SMILES string of the molecule is C[C@@H](O)[C@@H]1C(=O)N2C(C(=O)O)=C(CNC(=S)N3CCN(c4cc5c(cc4F)c(=O)c(C(=O)O)cn5C4CC4)CC3)S[C@H]12. The number of carboxylic acid groups (broad SMARTS) is 2. The zero-order valence-electron chi connectivity index (χ0n) is 22.4. The minimum Gasteiger partial charge on any atom is -0.477 e. The van der Waals surface area contributed by atoms with E-state index in [1.807, 2.05) is 9.80 Å². The van der Waals surface area contributed by atoms with E-state index in [9.17, 15) is 34.5 Å². The topological polar surface area (TPSA) is 156 Å². The van der Waals surface area contributed by atoms with Crippen LogP contribution in [0.2, 0.25) is 0 Å². The highest BCUT2D eigenvalue weighted by molar-refractivity contribution is 8.04. The summed E-state index contributed by atoms with van der Waals surface area (Å²) in [5, 5.41) is 32.1. The number of aliphatic hydroxyl groups is 1. The van der Waals surface area contributed by atoms with Crippen molar-refractivity contribution in [1.82, 2.24) is 19.7 Å². The predicted octanol–water partition coefficient (Wildman–Crippen LogP) is 1.38. The Bertz CT molecular complexity index is 1630. The summed E-state index contributed by atoms with van der Waals surface area (Å²) in [5.41, 5.74) is -0.366. The number of thioether (sulfide) groups is 1. The first-order valence-electron chi connectivity index (χ1n) is 13.5. The van der Waals surface area contributed by atoms with Gasteiger partial charge in [-0.05, 0) is 44.1 Å². The molecule has 42 heavy (non-hydrogen) atoms. The number of hydrogen-bond acceptors (Lipinski definition) is 8. The molecule has 1 aromatic carbocycles. The molecule has 3 aliphatic heterocycles. The molecule has 0 spiro atoms. The monoisotopic (exact) mass is 617 g/mol. The molecule has 2 aromatic rings. The van der Waals surface area contributed by atoms with Gasteiger partial charge in [0.25, 0.3) is 0 Å². The highest BCUT2D eigenvalue weighted by atomic mass is 32.2. The summed E-state index contributed by atoms with van der Waals surface area (Å²) in [6.07, 6.45) is 2.17. The lowest BCUT2D eigenvalue weighted by Crippen LogP contribution is -2.60. The third-order valence-corrected chi connectivity index (χ3v) is 9.92. The van der Waals surface area contributed by atoms with Crippen LogP contribution < -0.4 is 15.6 Å². The number of aromatic nitrogens is 1. The molecule has 3 fully saturated rings. The van der Waals surface area contributed by atoms with Crippen LogP contribution in [0.15, 0.2) is 33.7 Å². The normalized spacial score (nSPS) is 22.7. The van der Waals surface area contributed by atoms with Crippen molar-refractivity contribution in [2.75, 3.05) is 37.6 Å². The molecule has 0 bridgehead atoms. The number of piperazine rings is 1. The minimum atomic E-state index is -1.34. The number of carboxylic acids is 2. The van der Waals surface area contributed by atoms with Crippen molar-refractivity contribution in [1.29, 1.82) is 0 Å². The van der Waals surface area contributed by atoms with Crippen LogP contribution in [0.3, 0.4) is 0 Å². The lowest BCUT2D eigenvalue weighted by atomic mass is 9.92. The van der Waals surface area contributed by atoms with E-state index in [-0.39, 0.29) is 29.2 Å². The first-order valence-corrected chi connectivity index (χ1v) is 14.8. The van der Waals surface area contributed by atoms with E-state index in [1.54, 1.807) is 10.6 Å². The van der Waals surface area contributed by atoms with Crippen molar-refractivity contribution in [3.8, 4) is 0 Å². The van der Waals surface area contributed by atoms with Crippen LogP contribution in [0.1, 0.15) is 36.2 Å². The fraction of sp³-hybridized carbons (Fsp3) is 0.444. The Morgan fingerprint density at radius 3 is 2.43 bits per heavy atom. The van der Waals surface area contributed by atoms with Gasteiger partial charge in [0.05, 0.1) is 29.8 Å². The number of amides is 1. The summed E-state index contributed by atoms with van der Waals surface area (Å²) in [6.45, 7) is 3.36. The van der Waals surface area contributed by atoms with Gasteiger partial charge >= 0.3 is 11.9 Å². The lowest BCUT2D eigenvalue weighted by molar-refractivity contribution is -0.156. The molecule has 1 aromatic heterocycles. The molecular formula is C27H28FN5O7S2. The molecule has 6 rings (SSSR count). The number of carbonyl (C=O) groups is 3. The first kappa shape index (κ1) is 28.4. The summed E-state index contributed by atoms with van der Waals surface area (Å²) < 4.78 is 17.1. The van der Waals surface area contributed by atoms with E-state index in [1.165, 1.54) is 29.8 Å². The summed E-state index contributed by atoms with van der Waals surface area (Å²) in [5.74, 6) is -4.24. The molecule has 4 N–H and O–H groups in total. The molecule has 4 aliphatic rings. The number of aliphatic hydroxyl groups excluding tert-OH is 1. The van der Waals surface area contributed by atoms with Crippen LogP contribution in [-0.4, -0.2) is 96.8 Å². The number of anilines is 1. The van der Waals surface area contributed by atoms with E-state index in [0.29, 0.717) is 47.4 Å². The standard InChI is InChI=1S/C27H28FN5O7S2/c1-12(34)20-23(36)33-21(26(39)40)19(42-24(20)33)10-29-27(41)31-6-4-30(5-7-31)18-9-17-14(8-16(18)28)22(35)15(25(37)38)11-32(17)13-2-3-13/h8-9,11-13,20,24,34H,2-7,10H2,1H3,(H,29,41)(H,37,38)(H,39,40)/t12-,20-,24-/m1/s1. The number of thiocarbonyl (C=S) groups is 1. The molecule has 1 saturated carbocycles. The largest absolute Gasteiger partial charge is 0.477 e. The Balaban J connectivity index is 1.13. The maximum absolute atomic E-state index is 15.3. The zero-order chi connectivity index (χ0) is 30.0. The van der Waals surface area contributed by atoms with Crippen molar-refractivity contribution in [3.63, 3.8) is 0 Å². The van der Waals surface area contributed by atoms with Crippen LogP contribution in [0, 0.1) is 11.7 Å². The van der Waals surface area contributed by atoms with Gasteiger partial charge in [0.1, 0.15) is 22.5 Å². The third-order valence-electron chi connectivity index (χ3n) is 8.15. The second-order valence-electron chi connectivity index (χ2n) is 10.8. The summed E-state index contributed by atoms with van der Waals surface area (Å²) >= 11 is 6.79. The lowest BCUT2D eigenvalue weighted by Gasteiger charge is -2.43. The first-order chi connectivity index (χ1) is 20.0. The number of carbonyl (C=O) groups excluding carboxylic acids is 1. The number of nitrogens with zero attached hydrogens (tertiary/aromatic N) is 4. The third kappa shape index (κ3) is 4.68. The molecule has 0 unspecified atom stereocenters. The molecule has 4 heterocycles. The average molecular weight is 618 g/mol. The van der Waals surface area contributed by atoms with Gasteiger partial charge in [-0.15, -0.1) is 0 Å². The number of aliphatic carboxylic acids is 1. The molecule has 3 atom stereocenters. The molecule has 12 nitrogen and oxygen atoms in total. The number of pyridine rings is 1. The molecule has 222 valence electrons. The maximum atomic E-state index is 15.3. The second kappa shape index (κ2) is 10.5. The number of benzene rings is 1. The molecule has 0 radical (unpaired) electrons. The average Bonchev–Trinajstić information content (AvgIpc) is 3.73. The Morgan fingerprint density at radius 1 is 1.14 bits per heavy atom. The zero-order valence-corrected chi connectivity index (χ0v) is 24.1. The van der Waals surface area contributed by atoms with E-state index in [4.69, 9.17) is 12.2 Å². The van der Waals surface area contributed by atoms with Gasteiger partial charge in [0.15, 0.2) is 5.11 Å². The molecule has 1 amide bonds. The summed E-state index contributed by atoms with van der Waals surface area (Å²) in [4.78, 5) is 54.1. The fourth-order valence-electron chi connectivity index (χ4n) is 5.80. The van der Waals surface area contributed by atoms with Gasteiger partial charge in [-0.3, -0.25) is 14.5 Å². The second-order valence-corrected chi connectivity index (χ2v) is 12.4. The van der Waals surface area contributed by atoms with Gasteiger partial charge in [0, 0.05) is 48.7 Å². The van der Waals surface area contributed by atoms with E-state index >= 15 is 4.39 Å². The highest BCUT2D eigenvalue weighted by Gasteiger charge is 2.57. The number of halogens is 1.